The maximum Gasteiger partial charge on any atom is 0.228 e. The molecule has 0 spiro atoms. The molecule has 6 heteroatoms. The van der Waals surface area contributed by atoms with Gasteiger partial charge >= 0.3 is 0 Å². The fourth-order valence-electron chi connectivity index (χ4n) is 3.94. The Morgan fingerprint density at radius 2 is 1.67 bits per heavy atom. The van der Waals surface area contributed by atoms with Gasteiger partial charge < -0.3 is 19.1 Å². The average molecular weight is 424 g/mol. The van der Waals surface area contributed by atoms with Gasteiger partial charge in [-0.05, 0) is 22.4 Å². The first kappa shape index (κ1) is 20.4. The first-order valence-corrected chi connectivity index (χ1v) is 10.9. The van der Waals surface area contributed by atoms with E-state index in [2.05, 4.69) is 18.2 Å². The number of benzene rings is 3. The number of carbonyl (C=O) groups excluding carboxylic acids is 1. The van der Waals surface area contributed by atoms with Crippen LogP contribution >= 0.6 is 11.8 Å². The maximum atomic E-state index is 13.3. The van der Waals surface area contributed by atoms with E-state index in [-0.39, 0.29) is 11.3 Å². The van der Waals surface area contributed by atoms with Crippen LogP contribution in [-0.4, -0.2) is 44.4 Å². The molecule has 156 valence electrons. The van der Waals surface area contributed by atoms with Gasteiger partial charge in [0.1, 0.15) is 11.1 Å². The lowest BCUT2D eigenvalue weighted by atomic mass is 10.0. The summed E-state index contributed by atoms with van der Waals surface area (Å²) in [5, 5.41) is 2.15. The summed E-state index contributed by atoms with van der Waals surface area (Å²) >= 11 is 1.74. The van der Waals surface area contributed by atoms with Gasteiger partial charge in [-0.15, -0.1) is 11.8 Å². The molecule has 0 bridgehead atoms. The zero-order valence-corrected chi connectivity index (χ0v) is 18.2. The second kappa shape index (κ2) is 8.88. The number of carbonyl (C=O) groups is 1. The number of hydrogen-bond donors (Lipinski definition) is 0. The zero-order valence-electron chi connectivity index (χ0n) is 17.4. The van der Waals surface area contributed by atoms with Gasteiger partial charge in [0.05, 0.1) is 27.8 Å². The third kappa shape index (κ3) is 3.79. The van der Waals surface area contributed by atoms with Crippen molar-refractivity contribution in [3.8, 4) is 17.2 Å². The quantitative estimate of drug-likeness (QED) is 0.576. The minimum absolute atomic E-state index is 0.109. The molecule has 1 amide bonds. The Kier molecular flexibility index (Phi) is 6.04. The molecule has 0 aliphatic carbocycles. The molecule has 5 nitrogen and oxygen atoms in total. The van der Waals surface area contributed by atoms with Crippen LogP contribution in [0.4, 0.5) is 0 Å². The van der Waals surface area contributed by atoms with Gasteiger partial charge in [-0.3, -0.25) is 4.79 Å². The van der Waals surface area contributed by atoms with Crippen LogP contribution in [-0.2, 0) is 11.2 Å². The summed E-state index contributed by atoms with van der Waals surface area (Å²) < 4.78 is 16.5. The maximum absolute atomic E-state index is 13.3. The van der Waals surface area contributed by atoms with Crippen LogP contribution in [0.3, 0.4) is 0 Å². The third-order valence-electron chi connectivity index (χ3n) is 5.43. The number of fused-ring (bicyclic) bond motifs is 1. The second-order valence-electron chi connectivity index (χ2n) is 7.07. The number of hydrogen-bond acceptors (Lipinski definition) is 5. The first-order valence-electron chi connectivity index (χ1n) is 9.84. The summed E-state index contributed by atoms with van der Waals surface area (Å²) in [5.41, 5.74) is 1.97. The summed E-state index contributed by atoms with van der Waals surface area (Å²) in [5.74, 6) is 2.91. The highest BCUT2D eigenvalue weighted by Gasteiger charge is 2.33. The highest BCUT2D eigenvalue weighted by atomic mass is 32.2. The van der Waals surface area contributed by atoms with Crippen molar-refractivity contribution in [2.24, 2.45) is 0 Å². The van der Waals surface area contributed by atoms with Crippen molar-refractivity contribution in [3.05, 3.63) is 65.7 Å². The number of rotatable bonds is 6. The lowest BCUT2D eigenvalue weighted by molar-refractivity contribution is -0.130. The van der Waals surface area contributed by atoms with Crippen LogP contribution in [0.1, 0.15) is 16.5 Å². The molecule has 1 unspecified atom stereocenters. The SMILES string of the molecule is COc1cc(OC)c(C2SCCN2C(=O)Cc2cccc3ccccc23)cc1OC. The highest BCUT2D eigenvalue weighted by molar-refractivity contribution is 7.99. The molecule has 1 fully saturated rings. The van der Waals surface area contributed by atoms with Gasteiger partial charge in [0.25, 0.3) is 0 Å². The van der Waals surface area contributed by atoms with Gasteiger partial charge in [0.2, 0.25) is 5.91 Å². The van der Waals surface area contributed by atoms with Gasteiger partial charge in [0, 0.05) is 23.9 Å². The molecular weight excluding hydrogens is 398 g/mol. The molecule has 0 aromatic heterocycles. The number of thioether (sulfide) groups is 1. The van der Waals surface area contributed by atoms with Crippen LogP contribution < -0.4 is 14.2 Å². The Hall–Kier alpha value is -2.86. The van der Waals surface area contributed by atoms with E-state index in [1.54, 1.807) is 33.1 Å². The number of nitrogens with zero attached hydrogens (tertiary/aromatic N) is 1. The zero-order chi connectivity index (χ0) is 21.1. The highest BCUT2D eigenvalue weighted by Crippen LogP contribution is 2.46. The van der Waals surface area contributed by atoms with Crippen molar-refractivity contribution < 1.29 is 19.0 Å². The van der Waals surface area contributed by atoms with Gasteiger partial charge in [-0.2, -0.15) is 0 Å². The molecule has 3 aromatic rings. The Bertz CT molecular complexity index is 1060. The smallest absolute Gasteiger partial charge is 0.228 e. The average Bonchev–Trinajstić information content (AvgIpc) is 3.28. The van der Waals surface area contributed by atoms with E-state index >= 15 is 0 Å². The van der Waals surface area contributed by atoms with Crippen molar-refractivity contribution >= 4 is 28.4 Å². The van der Waals surface area contributed by atoms with Crippen molar-refractivity contribution in [2.75, 3.05) is 33.6 Å². The summed E-state index contributed by atoms with van der Waals surface area (Å²) in [6.45, 7) is 0.705. The largest absolute Gasteiger partial charge is 0.496 e. The molecule has 1 saturated heterocycles. The molecule has 0 radical (unpaired) electrons. The van der Waals surface area contributed by atoms with E-state index in [4.69, 9.17) is 14.2 Å². The molecule has 1 heterocycles. The minimum Gasteiger partial charge on any atom is -0.496 e. The topological polar surface area (TPSA) is 48.0 Å². The first-order chi connectivity index (χ1) is 14.7. The van der Waals surface area contributed by atoms with Crippen molar-refractivity contribution in [3.63, 3.8) is 0 Å². The predicted molar refractivity (Wildman–Crippen MR) is 121 cm³/mol. The molecule has 30 heavy (non-hydrogen) atoms. The number of methoxy groups -OCH3 is 3. The Balaban J connectivity index is 1.64. The van der Waals surface area contributed by atoms with E-state index in [0.717, 1.165) is 27.7 Å². The van der Waals surface area contributed by atoms with Crippen LogP contribution in [0.2, 0.25) is 0 Å². The van der Waals surface area contributed by atoms with Gasteiger partial charge in [0.15, 0.2) is 11.5 Å². The van der Waals surface area contributed by atoms with Gasteiger partial charge in [-0.1, -0.05) is 42.5 Å². The van der Waals surface area contributed by atoms with Crippen LogP contribution in [0.15, 0.2) is 54.6 Å². The molecule has 1 aliphatic heterocycles. The van der Waals surface area contributed by atoms with Crippen LogP contribution in [0.25, 0.3) is 10.8 Å². The van der Waals surface area contributed by atoms with Crippen molar-refractivity contribution in [1.82, 2.24) is 4.90 Å². The fourth-order valence-corrected chi connectivity index (χ4v) is 5.23. The van der Waals surface area contributed by atoms with E-state index in [0.29, 0.717) is 30.2 Å². The molecule has 0 N–H and O–H groups in total. The molecule has 1 atom stereocenters. The van der Waals surface area contributed by atoms with Crippen molar-refractivity contribution in [2.45, 2.75) is 11.8 Å². The standard InChI is InChI=1S/C24H25NO4S/c1-27-20-15-22(29-3)21(28-2)14-19(20)24-25(11-12-30-24)23(26)13-17-9-6-8-16-7-4-5-10-18(16)17/h4-10,14-15,24H,11-13H2,1-3H3. The second-order valence-corrected chi connectivity index (χ2v) is 8.26. The Morgan fingerprint density at radius 1 is 0.967 bits per heavy atom. The number of amides is 1. The van der Waals surface area contributed by atoms with E-state index in [1.807, 2.05) is 41.3 Å². The predicted octanol–water partition coefficient (Wildman–Crippen LogP) is 4.68. The van der Waals surface area contributed by atoms with E-state index < -0.39 is 0 Å². The van der Waals surface area contributed by atoms with Crippen LogP contribution in [0, 0.1) is 0 Å². The summed E-state index contributed by atoms with van der Waals surface area (Å²) in [4.78, 5) is 15.3. The lowest BCUT2D eigenvalue weighted by Gasteiger charge is -2.26. The van der Waals surface area contributed by atoms with E-state index in [9.17, 15) is 4.79 Å². The van der Waals surface area contributed by atoms with Crippen LogP contribution in [0.5, 0.6) is 17.2 Å². The van der Waals surface area contributed by atoms with Crippen molar-refractivity contribution in [1.29, 1.82) is 0 Å². The third-order valence-corrected chi connectivity index (χ3v) is 6.68. The molecule has 4 rings (SSSR count). The molecule has 0 saturated carbocycles. The fraction of sp³-hybridized carbons (Fsp3) is 0.292. The summed E-state index contributed by atoms with van der Waals surface area (Å²) in [7, 11) is 4.84. The Labute approximate surface area is 180 Å². The normalized spacial score (nSPS) is 16.0. The van der Waals surface area contributed by atoms with E-state index in [1.165, 1.54) is 0 Å². The number of ether oxygens (including phenoxy) is 3. The molecule has 3 aromatic carbocycles. The molecule has 1 aliphatic rings. The summed E-state index contributed by atoms with van der Waals surface area (Å²) in [6, 6.07) is 18.0. The monoisotopic (exact) mass is 423 g/mol. The minimum atomic E-state index is -0.123. The lowest BCUT2D eigenvalue weighted by Crippen LogP contribution is -2.32. The Morgan fingerprint density at radius 3 is 2.43 bits per heavy atom. The molecular formula is C24H25NO4S. The summed E-state index contributed by atoms with van der Waals surface area (Å²) in [6.07, 6.45) is 0.369. The van der Waals surface area contributed by atoms with Gasteiger partial charge in [-0.25, -0.2) is 0 Å².